The first-order valence-corrected chi connectivity index (χ1v) is 7.75. The zero-order chi connectivity index (χ0) is 12.8. The summed E-state index contributed by atoms with van der Waals surface area (Å²) in [7, 11) is 1.85. The zero-order valence-corrected chi connectivity index (χ0v) is 12.2. The van der Waals surface area contributed by atoms with E-state index in [1.807, 2.05) is 7.11 Å². The van der Waals surface area contributed by atoms with Crippen molar-refractivity contribution in [2.75, 3.05) is 39.8 Å². The Hall–Kier alpha value is -0.120. The van der Waals surface area contributed by atoms with Crippen molar-refractivity contribution in [3.05, 3.63) is 0 Å². The van der Waals surface area contributed by atoms with Gasteiger partial charge in [0.1, 0.15) is 0 Å². The number of ether oxygens (including phenoxy) is 1. The van der Waals surface area contributed by atoms with Crippen molar-refractivity contribution in [1.82, 2.24) is 10.2 Å². The van der Waals surface area contributed by atoms with Gasteiger partial charge in [-0.25, -0.2) is 0 Å². The van der Waals surface area contributed by atoms with Gasteiger partial charge in [0.15, 0.2) is 0 Å². The van der Waals surface area contributed by atoms with Gasteiger partial charge in [-0.05, 0) is 63.6 Å². The maximum absolute atomic E-state index is 5.43. The minimum absolute atomic E-state index is 0.515. The van der Waals surface area contributed by atoms with E-state index in [1.54, 1.807) is 0 Å². The molecule has 0 bridgehead atoms. The summed E-state index contributed by atoms with van der Waals surface area (Å²) in [6, 6.07) is 0. The minimum atomic E-state index is 0.515. The van der Waals surface area contributed by atoms with Crippen LogP contribution in [0.3, 0.4) is 0 Å². The average Bonchev–Trinajstić information content (AvgIpc) is 2.46. The highest BCUT2D eigenvalue weighted by Gasteiger charge is 2.22. The highest BCUT2D eigenvalue weighted by molar-refractivity contribution is 4.77. The van der Waals surface area contributed by atoms with Gasteiger partial charge in [0.25, 0.3) is 0 Å². The van der Waals surface area contributed by atoms with Crippen molar-refractivity contribution in [2.24, 2.45) is 11.8 Å². The van der Waals surface area contributed by atoms with E-state index in [4.69, 9.17) is 4.74 Å². The molecule has 0 saturated carbocycles. The molecule has 0 aromatic carbocycles. The molecule has 1 N–H and O–H groups in total. The molecular formula is C15H30N2O. The van der Waals surface area contributed by atoms with Crippen molar-refractivity contribution < 1.29 is 4.74 Å². The van der Waals surface area contributed by atoms with E-state index in [9.17, 15) is 0 Å². The smallest absolute Gasteiger partial charge is 0.0595 e. The van der Waals surface area contributed by atoms with Gasteiger partial charge in [-0.3, -0.25) is 0 Å². The minimum Gasteiger partial charge on any atom is -0.381 e. The van der Waals surface area contributed by atoms with E-state index in [0.29, 0.717) is 6.10 Å². The van der Waals surface area contributed by atoms with Crippen LogP contribution < -0.4 is 5.32 Å². The normalized spacial score (nSPS) is 29.3. The van der Waals surface area contributed by atoms with Crippen LogP contribution in [0.2, 0.25) is 0 Å². The molecule has 0 spiro atoms. The number of rotatable bonds is 5. The predicted molar refractivity (Wildman–Crippen MR) is 75.8 cm³/mol. The van der Waals surface area contributed by atoms with Gasteiger partial charge in [0.05, 0.1) is 6.10 Å². The van der Waals surface area contributed by atoms with E-state index in [1.165, 1.54) is 64.8 Å². The first-order valence-electron chi connectivity index (χ1n) is 7.75. The molecule has 2 unspecified atom stereocenters. The monoisotopic (exact) mass is 254 g/mol. The SMILES string of the molecule is COC1CCN(CCC(C)C2CCCNC2)CC1. The predicted octanol–water partition coefficient (Wildman–Crippen LogP) is 2.12. The third kappa shape index (κ3) is 4.22. The molecule has 0 aliphatic carbocycles. The number of hydrogen-bond acceptors (Lipinski definition) is 3. The number of nitrogens with zero attached hydrogens (tertiary/aromatic N) is 1. The lowest BCUT2D eigenvalue weighted by Gasteiger charge is -2.33. The van der Waals surface area contributed by atoms with Crippen LogP contribution >= 0.6 is 0 Å². The van der Waals surface area contributed by atoms with Crippen molar-refractivity contribution >= 4 is 0 Å². The summed E-state index contributed by atoms with van der Waals surface area (Å²) >= 11 is 0. The van der Waals surface area contributed by atoms with Crippen LogP contribution in [0.4, 0.5) is 0 Å². The molecule has 106 valence electrons. The fourth-order valence-electron chi connectivity index (χ4n) is 3.35. The van der Waals surface area contributed by atoms with E-state index < -0.39 is 0 Å². The van der Waals surface area contributed by atoms with Crippen LogP contribution in [-0.2, 0) is 4.74 Å². The summed E-state index contributed by atoms with van der Waals surface area (Å²) in [6.45, 7) is 8.66. The molecule has 2 fully saturated rings. The molecule has 2 aliphatic rings. The van der Waals surface area contributed by atoms with Crippen molar-refractivity contribution in [3.63, 3.8) is 0 Å². The van der Waals surface area contributed by atoms with Gasteiger partial charge in [-0.1, -0.05) is 6.92 Å². The lowest BCUT2D eigenvalue weighted by atomic mass is 9.85. The van der Waals surface area contributed by atoms with Gasteiger partial charge in [-0.15, -0.1) is 0 Å². The Morgan fingerprint density at radius 1 is 1.28 bits per heavy atom. The molecule has 0 aromatic heterocycles. The number of methoxy groups -OCH3 is 1. The summed E-state index contributed by atoms with van der Waals surface area (Å²) in [4.78, 5) is 2.63. The lowest BCUT2D eigenvalue weighted by Crippen LogP contribution is -2.39. The van der Waals surface area contributed by atoms with Crippen molar-refractivity contribution in [2.45, 2.75) is 45.1 Å². The van der Waals surface area contributed by atoms with Gasteiger partial charge < -0.3 is 15.0 Å². The second-order valence-electron chi connectivity index (χ2n) is 6.15. The first kappa shape index (κ1) is 14.3. The van der Waals surface area contributed by atoms with Gasteiger partial charge >= 0.3 is 0 Å². The summed E-state index contributed by atoms with van der Waals surface area (Å²) in [5, 5.41) is 3.54. The molecule has 2 rings (SSSR count). The molecule has 2 saturated heterocycles. The van der Waals surface area contributed by atoms with Crippen LogP contribution in [0.1, 0.15) is 39.0 Å². The maximum atomic E-state index is 5.43. The number of hydrogen-bond donors (Lipinski definition) is 1. The molecule has 2 heterocycles. The number of nitrogens with one attached hydrogen (secondary N) is 1. The van der Waals surface area contributed by atoms with Crippen LogP contribution in [-0.4, -0.2) is 50.8 Å². The zero-order valence-electron chi connectivity index (χ0n) is 12.2. The largest absolute Gasteiger partial charge is 0.381 e. The van der Waals surface area contributed by atoms with Crippen LogP contribution in [0.25, 0.3) is 0 Å². The molecular weight excluding hydrogens is 224 g/mol. The van der Waals surface area contributed by atoms with Crippen LogP contribution in [0, 0.1) is 11.8 Å². The highest BCUT2D eigenvalue weighted by atomic mass is 16.5. The summed E-state index contributed by atoms with van der Waals surface area (Å²) in [5.74, 6) is 1.79. The van der Waals surface area contributed by atoms with Gasteiger partial charge in [0.2, 0.25) is 0 Å². The highest BCUT2D eigenvalue weighted by Crippen LogP contribution is 2.23. The summed E-state index contributed by atoms with van der Waals surface area (Å²) < 4.78 is 5.43. The maximum Gasteiger partial charge on any atom is 0.0595 e. The van der Waals surface area contributed by atoms with E-state index in [0.717, 1.165) is 11.8 Å². The van der Waals surface area contributed by atoms with Crippen LogP contribution in [0.5, 0.6) is 0 Å². The second kappa shape index (κ2) is 7.46. The van der Waals surface area contributed by atoms with E-state index in [-0.39, 0.29) is 0 Å². The Morgan fingerprint density at radius 3 is 2.67 bits per heavy atom. The van der Waals surface area contributed by atoms with Crippen molar-refractivity contribution in [3.8, 4) is 0 Å². The Labute approximate surface area is 112 Å². The first-order chi connectivity index (χ1) is 8.79. The molecule has 0 amide bonds. The molecule has 2 aliphatic heterocycles. The molecule has 18 heavy (non-hydrogen) atoms. The van der Waals surface area contributed by atoms with E-state index in [2.05, 4.69) is 17.1 Å². The molecule has 0 radical (unpaired) electrons. The second-order valence-corrected chi connectivity index (χ2v) is 6.15. The lowest BCUT2D eigenvalue weighted by molar-refractivity contribution is 0.0388. The molecule has 0 aromatic rings. The third-order valence-electron chi connectivity index (χ3n) is 4.91. The van der Waals surface area contributed by atoms with Crippen molar-refractivity contribution in [1.29, 1.82) is 0 Å². The average molecular weight is 254 g/mol. The summed E-state index contributed by atoms with van der Waals surface area (Å²) in [6.07, 6.45) is 7.12. The van der Waals surface area contributed by atoms with Gasteiger partial charge in [-0.2, -0.15) is 0 Å². The third-order valence-corrected chi connectivity index (χ3v) is 4.91. The Kier molecular flexibility index (Phi) is 5.93. The number of piperidine rings is 2. The Bertz CT molecular complexity index is 221. The van der Waals surface area contributed by atoms with Crippen LogP contribution in [0.15, 0.2) is 0 Å². The fourth-order valence-corrected chi connectivity index (χ4v) is 3.35. The topological polar surface area (TPSA) is 24.5 Å². The fraction of sp³-hybridized carbons (Fsp3) is 1.00. The number of likely N-dealkylation sites (tertiary alicyclic amines) is 1. The standard InChI is InChI=1S/C15H30N2O/c1-13(14-4-3-8-16-12-14)5-9-17-10-6-15(18-2)7-11-17/h13-16H,3-12H2,1-2H3. The Morgan fingerprint density at radius 2 is 2.06 bits per heavy atom. The molecule has 3 heteroatoms. The molecule has 3 nitrogen and oxygen atoms in total. The van der Waals surface area contributed by atoms with E-state index >= 15 is 0 Å². The summed E-state index contributed by atoms with van der Waals surface area (Å²) in [5.41, 5.74) is 0. The quantitative estimate of drug-likeness (QED) is 0.813. The Balaban J connectivity index is 1.62. The van der Waals surface area contributed by atoms with Gasteiger partial charge in [0, 0.05) is 20.2 Å². The molecule has 2 atom stereocenters.